The van der Waals surface area contributed by atoms with E-state index in [1.807, 2.05) is 65.8 Å². The Morgan fingerprint density at radius 1 is 0.667 bits per heavy atom. The predicted octanol–water partition coefficient (Wildman–Crippen LogP) is 5.00. The van der Waals surface area contributed by atoms with Crippen molar-refractivity contribution >= 4 is 19.4 Å². The third-order valence-corrected chi connectivity index (χ3v) is 6.48. The summed E-state index contributed by atoms with van der Waals surface area (Å²) in [5.74, 6) is 1.71. The zero-order valence-electron chi connectivity index (χ0n) is 22.5. The first-order valence-corrected chi connectivity index (χ1v) is 13.6. The Morgan fingerprint density at radius 3 is 1.56 bits per heavy atom. The smallest absolute Gasteiger partial charge is 0.186 e. The summed E-state index contributed by atoms with van der Waals surface area (Å²) in [4.78, 5) is 13.6. The molecule has 0 saturated heterocycles. The Bertz CT molecular complexity index is 905. The molecule has 0 spiro atoms. The minimum absolute atomic E-state index is 0.0410. The molecular weight excluding hydrogens is 479 g/mol. The van der Waals surface area contributed by atoms with E-state index in [2.05, 4.69) is 0 Å². The fourth-order valence-electron chi connectivity index (χ4n) is 3.79. The standard InChI is InChI=1S/C28H41O7P/c1-7-30-10-13-33-23-18-24(34-14-11-31-8-2)27(25(19-23)35-15-12-32-9-3)36-28(29)26-21(5)16-20(4)17-22(26)6/h16-19,36H,7-15H2,1-6H3. The van der Waals surface area contributed by atoms with Crippen LogP contribution in [0.15, 0.2) is 24.3 Å². The third-order valence-electron chi connectivity index (χ3n) is 5.26. The monoisotopic (exact) mass is 520 g/mol. The molecule has 0 aliphatic carbocycles. The summed E-state index contributed by atoms with van der Waals surface area (Å²) in [6.07, 6.45) is 0. The van der Waals surface area contributed by atoms with E-state index < -0.39 is 0 Å². The minimum atomic E-state index is -0.185. The normalized spacial score (nSPS) is 11.3. The molecule has 2 aromatic carbocycles. The van der Waals surface area contributed by atoms with E-state index in [0.29, 0.717) is 82.0 Å². The number of aryl methyl sites for hydroxylation is 3. The maximum absolute atomic E-state index is 13.6. The molecular formula is C28H41O7P. The van der Waals surface area contributed by atoms with Gasteiger partial charge in [0.2, 0.25) is 0 Å². The first-order chi connectivity index (χ1) is 17.4. The van der Waals surface area contributed by atoms with Crippen LogP contribution in [0.1, 0.15) is 47.8 Å². The van der Waals surface area contributed by atoms with Crippen molar-refractivity contribution < 1.29 is 33.2 Å². The van der Waals surface area contributed by atoms with Crippen molar-refractivity contribution in [2.24, 2.45) is 0 Å². The van der Waals surface area contributed by atoms with E-state index in [1.165, 1.54) is 0 Å². The van der Waals surface area contributed by atoms with Crippen molar-refractivity contribution in [3.8, 4) is 17.2 Å². The third kappa shape index (κ3) is 9.70. The minimum Gasteiger partial charge on any atom is -0.491 e. The summed E-state index contributed by atoms with van der Waals surface area (Å²) in [6, 6.07) is 7.72. The van der Waals surface area contributed by atoms with Gasteiger partial charge >= 0.3 is 0 Å². The highest BCUT2D eigenvalue weighted by molar-refractivity contribution is 7.66. The predicted molar refractivity (Wildman–Crippen MR) is 145 cm³/mol. The Labute approximate surface area is 217 Å². The van der Waals surface area contributed by atoms with E-state index >= 15 is 0 Å². The molecule has 7 nitrogen and oxygen atoms in total. The average molecular weight is 521 g/mol. The van der Waals surface area contributed by atoms with Crippen LogP contribution in [0.5, 0.6) is 17.2 Å². The molecule has 0 fully saturated rings. The quantitative estimate of drug-likeness (QED) is 0.202. The van der Waals surface area contributed by atoms with Crippen LogP contribution in [0.3, 0.4) is 0 Å². The highest BCUT2D eigenvalue weighted by Crippen LogP contribution is 2.35. The lowest BCUT2D eigenvalue weighted by Crippen LogP contribution is -2.17. The summed E-state index contributed by atoms with van der Waals surface area (Å²) < 4.78 is 34.4. The van der Waals surface area contributed by atoms with Crippen molar-refractivity contribution in [3.63, 3.8) is 0 Å². The van der Waals surface area contributed by atoms with Gasteiger partial charge in [-0.05, 0) is 61.3 Å². The number of carbonyl (C=O) groups excluding carboxylic acids is 1. The van der Waals surface area contributed by atoms with E-state index in [4.69, 9.17) is 28.4 Å². The van der Waals surface area contributed by atoms with Crippen LogP contribution < -0.4 is 19.5 Å². The van der Waals surface area contributed by atoms with Crippen molar-refractivity contribution in [2.75, 3.05) is 59.5 Å². The van der Waals surface area contributed by atoms with Gasteiger partial charge in [-0.15, -0.1) is 0 Å². The molecule has 0 saturated carbocycles. The maximum Gasteiger partial charge on any atom is 0.186 e. The highest BCUT2D eigenvalue weighted by atomic mass is 31.1. The van der Waals surface area contributed by atoms with Gasteiger partial charge in [-0.2, -0.15) is 0 Å². The molecule has 0 bridgehead atoms. The number of hydrogen-bond donors (Lipinski definition) is 0. The summed E-state index contributed by atoms with van der Waals surface area (Å²) in [5.41, 5.74) is 3.87. The van der Waals surface area contributed by atoms with Crippen LogP contribution in [0.2, 0.25) is 0 Å². The Balaban J connectivity index is 2.41. The number of benzene rings is 2. The number of rotatable bonds is 18. The summed E-state index contributed by atoms with van der Waals surface area (Å²) in [6.45, 7) is 16.1. The molecule has 2 rings (SSSR count). The van der Waals surface area contributed by atoms with Gasteiger partial charge in [-0.25, -0.2) is 0 Å². The fourth-order valence-corrected chi connectivity index (χ4v) is 5.07. The van der Waals surface area contributed by atoms with Gasteiger partial charge in [0.25, 0.3) is 0 Å². The van der Waals surface area contributed by atoms with Crippen LogP contribution in [0.25, 0.3) is 0 Å². The Kier molecular flexibility index (Phi) is 13.8. The first kappa shape index (κ1) is 30.0. The van der Waals surface area contributed by atoms with Gasteiger partial charge in [0.15, 0.2) is 5.52 Å². The molecule has 2 aromatic rings. The van der Waals surface area contributed by atoms with Crippen molar-refractivity contribution in [1.29, 1.82) is 0 Å². The highest BCUT2D eigenvalue weighted by Gasteiger charge is 2.21. The number of carbonyl (C=O) groups is 1. The van der Waals surface area contributed by atoms with Crippen molar-refractivity contribution in [1.82, 2.24) is 0 Å². The van der Waals surface area contributed by atoms with Crippen LogP contribution in [-0.2, 0) is 14.2 Å². The second-order valence-corrected chi connectivity index (χ2v) is 9.36. The van der Waals surface area contributed by atoms with Gasteiger partial charge in [-0.3, -0.25) is 4.79 Å². The molecule has 0 aliphatic heterocycles. The Morgan fingerprint density at radius 2 is 1.11 bits per heavy atom. The summed E-state index contributed by atoms with van der Waals surface area (Å²) in [5, 5.41) is 0.713. The molecule has 1 unspecified atom stereocenters. The fraction of sp³-hybridized carbons (Fsp3) is 0.536. The molecule has 0 amide bonds. The zero-order valence-corrected chi connectivity index (χ0v) is 23.5. The number of hydrogen-bond acceptors (Lipinski definition) is 7. The van der Waals surface area contributed by atoms with Gasteiger partial charge in [0.1, 0.15) is 37.1 Å². The largest absolute Gasteiger partial charge is 0.491 e. The lowest BCUT2D eigenvalue weighted by molar-refractivity contribution is 0.105. The van der Waals surface area contributed by atoms with Crippen molar-refractivity contribution in [3.05, 3.63) is 46.5 Å². The Hall–Kier alpha value is -2.18. The molecule has 0 heterocycles. The molecule has 8 heteroatoms. The van der Waals surface area contributed by atoms with Crippen molar-refractivity contribution in [2.45, 2.75) is 41.5 Å². The average Bonchev–Trinajstić information content (AvgIpc) is 2.83. The van der Waals surface area contributed by atoms with Crippen LogP contribution >= 0.6 is 8.58 Å². The second-order valence-electron chi connectivity index (χ2n) is 8.16. The molecule has 36 heavy (non-hydrogen) atoms. The topological polar surface area (TPSA) is 72.5 Å². The summed E-state index contributed by atoms with van der Waals surface area (Å²) in [7, 11) is -0.185. The molecule has 0 N–H and O–H groups in total. The molecule has 200 valence electrons. The first-order valence-electron chi connectivity index (χ1n) is 12.6. The lowest BCUT2D eigenvalue weighted by atomic mass is 10.0. The second kappa shape index (κ2) is 16.5. The molecule has 0 aliphatic rings. The SMILES string of the molecule is CCOCCOc1cc(OCCOCC)c(PC(=O)c2c(C)cc(C)cc2C)c(OCCOCC)c1. The van der Waals surface area contributed by atoms with E-state index in [9.17, 15) is 4.79 Å². The van der Waals surface area contributed by atoms with Gasteiger partial charge in [-0.1, -0.05) is 17.7 Å². The maximum atomic E-state index is 13.6. The molecule has 1 atom stereocenters. The number of ether oxygens (including phenoxy) is 6. The van der Waals surface area contributed by atoms with Crippen LogP contribution in [0, 0.1) is 20.8 Å². The van der Waals surface area contributed by atoms with E-state index in [0.717, 1.165) is 22.3 Å². The zero-order chi connectivity index (χ0) is 26.3. The molecule has 0 aromatic heterocycles. The van der Waals surface area contributed by atoms with E-state index in [-0.39, 0.29) is 14.1 Å². The van der Waals surface area contributed by atoms with Crippen LogP contribution in [-0.4, -0.2) is 65.0 Å². The van der Waals surface area contributed by atoms with E-state index in [1.54, 1.807) is 0 Å². The van der Waals surface area contributed by atoms with Crippen LogP contribution in [0.4, 0.5) is 0 Å². The van der Waals surface area contributed by atoms with Gasteiger partial charge in [0.05, 0.1) is 25.1 Å². The summed E-state index contributed by atoms with van der Waals surface area (Å²) >= 11 is 0. The van der Waals surface area contributed by atoms with Gasteiger partial charge in [0, 0.05) is 37.5 Å². The lowest BCUT2D eigenvalue weighted by Gasteiger charge is -2.19. The van der Waals surface area contributed by atoms with Gasteiger partial charge < -0.3 is 28.4 Å². The molecule has 0 radical (unpaired) electrons.